The van der Waals surface area contributed by atoms with Crippen molar-refractivity contribution in [2.45, 2.75) is 72.6 Å². The van der Waals surface area contributed by atoms with Gasteiger partial charge in [0.15, 0.2) is 0 Å². The van der Waals surface area contributed by atoms with Crippen molar-refractivity contribution in [3.63, 3.8) is 0 Å². The number of hydrogen-bond acceptors (Lipinski definition) is 5. The number of carbonyl (C=O) groups excluding carboxylic acids is 2. The van der Waals surface area contributed by atoms with Crippen molar-refractivity contribution in [3.05, 3.63) is 39.9 Å². The normalized spacial score (nSPS) is 23.1. The Hall–Kier alpha value is -1.87. The number of esters is 2. The van der Waals surface area contributed by atoms with E-state index in [0.29, 0.717) is 11.2 Å². The summed E-state index contributed by atoms with van der Waals surface area (Å²) in [6.07, 6.45) is 2.43. The van der Waals surface area contributed by atoms with Gasteiger partial charge in [-0.15, -0.1) is 0 Å². The molecule has 1 spiro atoms. The number of aryl methyl sites for hydroxylation is 1. The Kier molecular flexibility index (Phi) is 5.87. The van der Waals surface area contributed by atoms with Crippen LogP contribution in [0.2, 0.25) is 0 Å². The molecule has 2 heterocycles. The Morgan fingerprint density at radius 1 is 1.00 bits per heavy atom. The minimum atomic E-state index is -3.41. The number of hydrogen-bond donors (Lipinski definition) is 0. The number of benzene rings is 1. The molecule has 0 aliphatic carbocycles. The van der Waals surface area contributed by atoms with Crippen molar-refractivity contribution in [2.75, 3.05) is 26.5 Å². The first-order chi connectivity index (χ1) is 14.6. The van der Waals surface area contributed by atoms with Crippen LogP contribution in [0.15, 0.2) is 23.2 Å². The summed E-state index contributed by atoms with van der Waals surface area (Å²) in [4.78, 5) is 25.8. The van der Waals surface area contributed by atoms with Crippen molar-refractivity contribution >= 4 is 24.1 Å². The third kappa shape index (κ3) is 3.48. The fourth-order valence-electron chi connectivity index (χ4n) is 5.59. The van der Waals surface area contributed by atoms with Crippen LogP contribution in [0.25, 0.3) is 0 Å². The maximum absolute atomic E-state index is 13.2. The molecule has 1 aromatic carbocycles. The van der Waals surface area contributed by atoms with Gasteiger partial charge in [0, 0.05) is 0 Å². The van der Waals surface area contributed by atoms with Crippen molar-refractivity contribution in [1.29, 1.82) is 0 Å². The number of ether oxygens (including phenoxy) is 2. The van der Waals surface area contributed by atoms with Gasteiger partial charge in [-0.25, -0.2) is 0 Å². The fourth-order valence-corrected chi connectivity index (χ4v) is 13.1. The summed E-state index contributed by atoms with van der Waals surface area (Å²) in [5, 5.41) is 1.57. The van der Waals surface area contributed by atoms with Crippen molar-refractivity contribution in [3.8, 4) is 0 Å². The molecule has 0 amide bonds. The molecule has 6 heteroatoms. The van der Waals surface area contributed by atoms with E-state index in [9.17, 15) is 9.59 Å². The average Bonchev–Trinajstić information content (AvgIpc) is 3.03. The minimum absolute atomic E-state index is 0.0175. The van der Waals surface area contributed by atoms with Crippen LogP contribution in [-0.4, -0.2) is 38.5 Å². The van der Waals surface area contributed by atoms with Gasteiger partial charge in [-0.2, -0.15) is 0 Å². The Labute approximate surface area is 192 Å². The molecular formula is C26H39O5P. The first kappa shape index (κ1) is 24.8. The first-order valence-electron chi connectivity index (χ1n) is 11.4. The summed E-state index contributed by atoms with van der Waals surface area (Å²) in [6.45, 7) is 14.2. The third-order valence-electron chi connectivity index (χ3n) is 7.08. The van der Waals surface area contributed by atoms with Crippen LogP contribution in [-0.2, 0) is 34.4 Å². The quantitative estimate of drug-likeness (QED) is 0.450. The summed E-state index contributed by atoms with van der Waals surface area (Å²) in [6, 6.07) is 4.53. The molecular weight excluding hydrogens is 423 g/mol. The zero-order valence-electron chi connectivity index (χ0n) is 21.3. The van der Waals surface area contributed by atoms with Gasteiger partial charge in [0.1, 0.15) is 0 Å². The molecule has 0 saturated carbocycles. The SMILES string of the molecule is COC(=O)C1=C(C(=O)OC)P2(c3c(C)cc(C(C)(C)C)cc3C(C)(C)C)(CC[C@H](C)C2)O1. The van der Waals surface area contributed by atoms with Gasteiger partial charge in [-0.1, -0.05) is 0 Å². The zero-order chi connectivity index (χ0) is 24.3. The number of rotatable bonds is 3. The van der Waals surface area contributed by atoms with Crippen LogP contribution in [0, 0.1) is 12.8 Å². The van der Waals surface area contributed by atoms with E-state index >= 15 is 0 Å². The molecule has 1 atom stereocenters. The summed E-state index contributed by atoms with van der Waals surface area (Å²) in [5.74, 6) is -0.671. The van der Waals surface area contributed by atoms with E-state index < -0.39 is 18.8 Å². The van der Waals surface area contributed by atoms with E-state index in [1.807, 2.05) is 0 Å². The fraction of sp³-hybridized carbons (Fsp3) is 0.615. The predicted octanol–water partition coefficient (Wildman–Crippen LogP) is 5.31. The molecule has 178 valence electrons. The average molecular weight is 463 g/mol. The Bertz CT molecular complexity index is 1010. The molecule has 0 aromatic heterocycles. The van der Waals surface area contributed by atoms with Crippen molar-refractivity contribution in [2.24, 2.45) is 5.92 Å². The molecule has 1 fully saturated rings. The van der Waals surface area contributed by atoms with Gasteiger partial charge >= 0.3 is 193 Å². The van der Waals surface area contributed by atoms with Crippen LogP contribution in [0.4, 0.5) is 0 Å². The second-order valence-electron chi connectivity index (χ2n) is 11.7. The molecule has 1 saturated heterocycles. The Balaban J connectivity index is 2.48. The summed E-state index contributed by atoms with van der Waals surface area (Å²) in [7, 11) is 2.68. The van der Waals surface area contributed by atoms with Gasteiger partial charge in [-0.3, -0.25) is 0 Å². The van der Waals surface area contributed by atoms with E-state index in [1.165, 1.54) is 25.3 Å². The monoisotopic (exact) mass is 462 g/mol. The summed E-state index contributed by atoms with van der Waals surface area (Å²) >= 11 is 0. The van der Waals surface area contributed by atoms with Gasteiger partial charge in [0.2, 0.25) is 0 Å². The maximum atomic E-state index is 13.2. The number of methoxy groups -OCH3 is 2. The molecule has 0 unspecified atom stereocenters. The van der Waals surface area contributed by atoms with E-state index in [4.69, 9.17) is 14.0 Å². The van der Waals surface area contributed by atoms with E-state index in [2.05, 4.69) is 67.5 Å². The second kappa shape index (κ2) is 7.58. The Morgan fingerprint density at radius 2 is 1.59 bits per heavy atom. The van der Waals surface area contributed by atoms with Crippen LogP contribution in [0.1, 0.15) is 71.6 Å². The zero-order valence-corrected chi connectivity index (χ0v) is 22.2. The van der Waals surface area contributed by atoms with Gasteiger partial charge in [0.05, 0.1) is 0 Å². The molecule has 5 nitrogen and oxygen atoms in total. The van der Waals surface area contributed by atoms with Crippen molar-refractivity contribution < 1.29 is 23.6 Å². The van der Waals surface area contributed by atoms with E-state index in [0.717, 1.165) is 29.6 Å². The molecule has 0 N–H and O–H groups in total. The van der Waals surface area contributed by atoms with E-state index in [-0.39, 0.29) is 16.6 Å². The predicted molar refractivity (Wildman–Crippen MR) is 131 cm³/mol. The summed E-state index contributed by atoms with van der Waals surface area (Å²) < 4.78 is 16.9. The van der Waals surface area contributed by atoms with Gasteiger partial charge in [-0.05, 0) is 0 Å². The van der Waals surface area contributed by atoms with Crippen molar-refractivity contribution in [1.82, 2.24) is 0 Å². The molecule has 32 heavy (non-hydrogen) atoms. The number of carbonyl (C=O) groups is 2. The van der Waals surface area contributed by atoms with Crippen LogP contribution < -0.4 is 5.30 Å². The molecule has 3 rings (SSSR count). The molecule has 2 aliphatic heterocycles. The van der Waals surface area contributed by atoms with E-state index in [1.54, 1.807) is 0 Å². The first-order valence-corrected chi connectivity index (χ1v) is 13.9. The Morgan fingerprint density at radius 3 is 2.03 bits per heavy atom. The van der Waals surface area contributed by atoms with Crippen LogP contribution in [0.3, 0.4) is 0 Å². The third-order valence-corrected chi connectivity index (χ3v) is 13.4. The van der Waals surface area contributed by atoms with Crippen LogP contribution >= 0.6 is 6.83 Å². The molecule has 2 aliphatic rings. The molecule has 0 bridgehead atoms. The standard InChI is InChI=1S/C26H39O5P/c1-16-11-12-32(15-16,22(24(28)30-10)20(31-32)23(27)29-9)21-17(2)13-18(25(3,4)5)14-19(21)26(6,7)8/h13-14,16H,11-12,15H2,1-10H3/t16-/m0/s1. The summed E-state index contributed by atoms with van der Waals surface area (Å²) in [5.41, 5.74) is 3.38. The van der Waals surface area contributed by atoms with Gasteiger partial charge in [0.25, 0.3) is 0 Å². The second-order valence-corrected chi connectivity index (χ2v) is 16.4. The molecule has 0 radical (unpaired) electrons. The van der Waals surface area contributed by atoms with Gasteiger partial charge < -0.3 is 0 Å². The topological polar surface area (TPSA) is 61.8 Å². The van der Waals surface area contributed by atoms with Crippen LogP contribution in [0.5, 0.6) is 0 Å². The molecule has 1 aromatic rings.